The average Bonchev–Trinajstić information content (AvgIpc) is 2.33. The Morgan fingerprint density at radius 3 is 2.61 bits per heavy atom. The molecule has 2 rings (SSSR count). The minimum absolute atomic E-state index is 0.351. The summed E-state index contributed by atoms with van der Waals surface area (Å²) in [7, 11) is 0. The van der Waals surface area contributed by atoms with Gasteiger partial charge in [-0.3, -0.25) is 0 Å². The number of hydrogen-bond donors (Lipinski definition) is 0. The Morgan fingerprint density at radius 1 is 1.28 bits per heavy atom. The summed E-state index contributed by atoms with van der Waals surface area (Å²) >= 11 is 12.1. The zero-order chi connectivity index (χ0) is 13.3. The zero-order valence-corrected chi connectivity index (χ0v) is 11.4. The second kappa shape index (κ2) is 5.17. The van der Waals surface area contributed by atoms with Gasteiger partial charge in [0.2, 0.25) is 0 Å². The molecule has 1 nitrogen and oxygen atoms in total. The van der Waals surface area contributed by atoms with Crippen molar-refractivity contribution in [3.63, 3.8) is 0 Å². The lowest BCUT2D eigenvalue weighted by molar-refractivity contribution is 0.527. The maximum absolute atomic E-state index is 13.1. The van der Waals surface area contributed by atoms with Crippen LogP contribution in [0.4, 0.5) is 4.39 Å². The predicted molar refractivity (Wildman–Crippen MR) is 74.8 cm³/mol. The Balaban J connectivity index is 2.52. The van der Waals surface area contributed by atoms with Crippen LogP contribution in [0.3, 0.4) is 0 Å². The minimum atomic E-state index is -0.351. The number of likely N-dealkylation sites (N-methyl/N-ethyl adjacent to an activating group) is 1. The first-order valence-corrected chi connectivity index (χ1v) is 6.30. The third kappa shape index (κ3) is 2.31. The smallest absolute Gasteiger partial charge is 0.124 e. The van der Waals surface area contributed by atoms with Crippen molar-refractivity contribution in [1.29, 1.82) is 0 Å². The van der Waals surface area contributed by atoms with Crippen LogP contribution in [0.1, 0.15) is 12.5 Å². The largest absolute Gasteiger partial charge is 0.341 e. The molecule has 0 aromatic heterocycles. The number of hydrogen-bond acceptors (Lipinski definition) is 1. The molecular formula is C14H12Cl2FN. The molecule has 0 amide bonds. The zero-order valence-electron chi connectivity index (χ0n) is 9.88. The molecule has 0 saturated carbocycles. The van der Waals surface area contributed by atoms with E-state index in [0.29, 0.717) is 16.6 Å². The Bertz CT molecular complexity index is 561. The summed E-state index contributed by atoms with van der Waals surface area (Å²) in [5.74, 6) is -0.351. The fraction of sp³-hybridized carbons (Fsp3) is 0.143. The van der Waals surface area contributed by atoms with Crippen LogP contribution < -0.4 is 0 Å². The Labute approximate surface area is 116 Å². The van der Waals surface area contributed by atoms with Crippen LogP contribution in [0.25, 0.3) is 5.70 Å². The van der Waals surface area contributed by atoms with E-state index in [1.54, 1.807) is 12.1 Å². The number of rotatable bonds is 2. The van der Waals surface area contributed by atoms with Gasteiger partial charge in [0.25, 0.3) is 0 Å². The van der Waals surface area contributed by atoms with Crippen LogP contribution in [0, 0.1) is 5.82 Å². The van der Waals surface area contributed by atoms with Crippen molar-refractivity contribution in [2.45, 2.75) is 6.92 Å². The lowest BCUT2D eigenvalue weighted by Gasteiger charge is -2.30. The third-order valence-corrected chi connectivity index (χ3v) is 3.46. The van der Waals surface area contributed by atoms with E-state index in [1.165, 1.54) is 12.1 Å². The van der Waals surface area contributed by atoms with E-state index in [9.17, 15) is 4.39 Å². The van der Waals surface area contributed by atoms with Crippen molar-refractivity contribution in [1.82, 2.24) is 4.90 Å². The molecule has 1 aliphatic heterocycles. The standard InChI is InChI=1S/C14H12Cl2FN/c1-3-18-9(2)12(15)6-7-14(18)11-5-4-10(17)8-13(11)16/h4-8H,2-3H2,1H3. The van der Waals surface area contributed by atoms with Crippen LogP contribution in [0.15, 0.2) is 47.7 Å². The molecule has 0 atom stereocenters. The van der Waals surface area contributed by atoms with Crippen LogP contribution in [0.2, 0.25) is 5.02 Å². The van der Waals surface area contributed by atoms with Crippen molar-refractivity contribution in [3.8, 4) is 0 Å². The van der Waals surface area contributed by atoms with E-state index in [-0.39, 0.29) is 5.82 Å². The molecule has 1 aromatic rings. The summed E-state index contributed by atoms with van der Waals surface area (Å²) < 4.78 is 13.1. The van der Waals surface area contributed by atoms with E-state index in [1.807, 2.05) is 17.9 Å². The Hall–Kier alpha value is -1.25. The quantitative estimate of drug-likeness (QED) is 0.754. The average molecular weight is 284 g/mol. The van der Waals surface area contributed by atoms with Gasteiger partial charge in [0.15, 0.2) is 0 Å². The molecular weight excluding hydrogens is 272 g/mol. The first kappa shape index (κ1) is 13.2. The van der Waals surface area contributed by atoms with Crippen molar-refractivity contribution < 1.29 is 4.39 Å². The fourth-order valence-electron chi connectivity index (χ4n) is 1.91. The van der Waals surface area contributed by atoms with Gasteiger partial charge < -0.3 is 4.90 Å². The molecule has 0 aliphatic carbocycles. The normalized spacial score (nSPS) is 15.6. The summed E-state index contributed by atoms with van der Waals surface area (Å²) in [6.07, 6.45) is 3.63. The van der Waals surface area contributed by atoms with Gasteiger partial charge in [-0.25, -0.2) is 4.39 Å². The van der Waals surface area contributed by atoms with Crippen LogP contribution in [0.5, 0.6) is 0 Å². The van der Waals surface area contributed by atoms with Gasteiger partial charge in [0.1, 0.15) is 5.82 Å². The Kier molecular flexibility index (Phi) is 3.79. The lowest BCUT2D eigenvalue weighted by Crippen LogP contribution is -2.23. The molecule has 0 spiro atoms. The van der Waals surface area contributed by atoms with Crippen molar-refractivity contribution in [2.24, 2.45) is 0 Å². The monoisotopic (exact) mass is 283 g/mol. The minimum Gasteiger partial charge on any atom is -0.341 e. The maximum Gasteiger partial charge on any atom is 0.124 e. The van der Waals surface area contributed by atoms with E-state index in [2.05, 4.69) is 6.58 Å². The third-order valence-electron chi connectivity index (χ3n) is 2.80. The molecule has 0 N–H and O–H groups in total. The molecule has 94 valence electrons. The number of allylic oxidation sites excluding steroid dienone is 3. The van der Waals surface area contributed by atoms with Crippen LogP contribution in [-0.4, -0.2) is 11.4 Å². The van der Waals surface area contributed by atoms with Crippen molar-refractivity contribution >= 4 is 28.9 Å². The molecule has 0 unspecified atom stereocenters. The first-order chi connectivity index (χ1) is 8.54. The van der Waals surface area contributed by atoms with Gasteiger partial charge in [0, 0.05) is 17.8 Å². The van der Waals surface area contributed by atoms with Gasteiger partial charge >= 0.3 is 0 Å². The molecule has 1 aliphatic rings. The summed E-state index contributed by atoms with van der Waals surface area (Å²) in [4.78, 5) is 1.95. The van der Waals surface area contributed by atoms with E-state index >= 15 is 0 Å². The van der Waals surface area contributed by atoms with Gasteiger partial charge in [-0.15, -0.1) is 0 Å². The molecule has 0 radical (unpaired) electrons. The lowest BCUT2D eigenvalue weighted by atomic mass is 10.1. The van der Waals surface area contributed by atoms with Crippen molar-refractivity contribution in [2.75, 3.05) is 6.54 Å². The summed E-state index contributed by atoms with van der Waals surface area (Å²) in [6.45, 7) is 6.64. The van der Waals surface area contributed by atoms with E-state index in [0.717, 1.165) is 17.0 Å². The number of nitrogens with zero attached hydrogens (tertiary/aromatic N) is 1. The number of benzene rings is 1. The van der Waals surface area contributed by atoms with Crippen LogP contribution in [-0.2, 0) is 0 Å². The Morgan fingerprint density at radius 2 is 2.00 bits per heavy atom. The second-order valence-electron chi connectivity index (χ2n) is 3.88. The molecule has 1 aromatic carbocycles. The topological polar surface area (TPSA) is 3.24 Å². The molecule has 0 fully saturated rings. The maximum atomic E-state index is 13.1. The highest BCUT2D eigenvalue weighted by Crippen LogP contribution is 2.35. The summed E-state index contributed by atoms with van der Waals surface area (Å²) in [6, 6.07) is 4.35. The van der Waals surface area contributed by atoms with E-state index < -0.39 is 0 Å². The second-order valence-corrected chi connectivity index (χ2v) is 4.70. The van der Waals surface area contributed by atoms with Gasteiger partial charge in [-0.1, -0.05) is 29.8 Å². The molecule has 18 heavy (non-hydrogen) atoms. The highest BCUT2D eigenvalue weighted by Gasteiger charge is 2.20. The molecule has 0 saturated heterocycles. The SMILES string of the molecule is C=C1C(Cl)=CC=C(c2ccc(F)cc2Cl)N1CC. The summed E-state index contributed by atoms with van der Waals surface area (Å²) in [5, 5.41) is 0.970. The number of halogens is 3. The predicted octanol–water partition coefficient (Wildman–Crippen LogP) is 4.79. The fourth-order valence-corrected chi connectivity index (χ4v) is 2.34. The molecule has 1 heterocycles. The van der Waals surface area contributed by atoms with Crippen molar-refractivity contribution in [3.05, 3.63) is 64.1 Å². The van der Waals surface area contributed by atoms with Gasteiger partial charge in [-0.2, -0.15) is 0 Å². The van der Waals surface area contributed by atoms with Gasteiger partial charge in [-0.05, 0) is 37.3 Å². The highest BCUT2D eigenvalue weighted by molar-refractivity contribution is 6.33. The highest BCUT2D eigenvalue weighted by atomic mass is 35.5. The summed E-state index contributed by atoms with van der Waals surface area (Å²) in [5.41, 5.74) is 2.36. The first-order valence-electron chi connectivity index (χ1n) is 5.54. The van der Waals surface area contributed by atoms with Gasteiger partial charge in [0.05, 0.1) is 15.8 Å². The van der Waals surface area contributed by atoms with Crippen LogP contribution >= 0.6 is 23.2 Å². The molecule has 0 bridgehead atoms. The van der Waals surface area contributed by atoms with E-state index in [4.69, 9.17) is 23.2 Å². The molecule has 4 heteroatoms.